The molecule has 0 aliphatic heterocycles. The molecule has 0 aromatic carbocycles. The smallest absolute Gasteiger partial charge is 0.147 e. The van der Waals surface area contributed by atoms with Crippen LogP contribution in [0.3, 0.4) is 0 Å². The summed E-state index contributed by atoms with van der Waals surface area (Å²) in [5.74, 6) is 0.807. The fourth-order valence-corrected chi connectivity index (χ4v) is 1.72. The van der Waals surface area contributed by atoms with Crippen LogP contribution in [-0.4, -0.2) is 14.3 Å². The molecular weight excluding hydrogens is 158 g/mol. The van der Waals surface area contributed by atoms with Crippen LogP contribution in [0.4, 0.5) is 0 Å². The lowest BCUT2D eigenvalue weighted by Gasteiger charge is -1.89. The lowest BCUT2D eigenvalue weighted by Crippen LogP contribution is -1.84. The van der Waals surface area contributed by atoms with Crippen molar-refractivity contribution in [2.24, 2.45) is 0 Å². The number of hydrogen-bond donors (Lipinski definition) is 0. The first-order valence-corrected chi connectivity index (χ1v) is 4.10. The van der Waals surface area contributed by atoms with Crippen molar-refractivity contribution in [3.05, 3.63) is 17.7 Å². The van der Waals surface area contributed by atoms with Crippen LogP contribution in [-0.2, 0) is 0 Å². The Morgan fingerprint density at radius 3 is 3.00 bits per heavy atom. The predicted molar refractivity (Wildman–Crippen MR) is 44.7 cm³/mol. The fraction of sp³-hybridized carbons (Fsp3) is 0.286. The van der Waals surface area contributed by atoms with Crippen LogP contribution < -0.4 is 0 Å². The van der Waals surface area contributed by atoms with Gasteiger partial charge in [0.2, 0.25) is 0 Å². The molecule has 0 spiro atoms. The monoisotopic (exact) mass is 165 g/mol. The third-order valence-electron chi connectivity index (χ3n) is 1.53. The molecule has 0 radical (unpaired) electrons. The Balaban J connectivity index is 2.86. The van der Waals surface area contributed by atoms with Gasteiger partial charge in [-0.15, -0.1) is 0 Å². The van der Waals surface area contributed by atoms with E-state index in [2.05, 4.69) is 14.3 Å². The van der Waals surface area contributed by atoms with Gasteiger partial charge in [-0.3, -0.25) is 0 Å². The Hall–Kier alpha value is -1.03. The second-order valence-corrected chi connectivity index (χ2v) is 3.16. The van der Waals surface area contributed by atoms with E-state index in [1.165, 1.54) is 11.5 Å². The van der Waals surface area contributed by atoms with E-state index in [-0.39, 0.29) is 0 Å². The molecule has 2 heterocycles. The van der Waals surface area contributed by atoms with Gasteiger partial charge in [-0.1, -0.05) is 0 Å². The predicted octanol–water partition coefficient (Wildman–Crippen LogP) is 1.70. The summed E-state index contributed by atoms with van der Waals surface area (Å²) in [7, 11) is 0. The number of aromatic nitrogens is 3. The molecular formula is C7H7N3S. The molecule has 0 aliphatic rings. The molecule has 0 saturated carbocycles. The maximum absolute atomic E-state index is 4.24. The molecule has 11 heavy (non-hydrogen) atoms. The molecule has 0 aliphatic carbocycles. The average molecular weight is 165 g/mol. The van der Waals surface area contributed by atoms with E-state index in [1.54, 1.807) is 0 Å². The van der Waals surface area contributed by atoms with Gasteiger partial charge in [0.15, 0.2) is 0 Å². The van der Waals surface area contributed by atoms with E-state index in [9.17, 15) is 0 Å². The number of aryl methyl sites for hydroxylation is 2. The van der Waals surface area contributed by atoms with E-state index < -0.39 is 0 Å². The Morgan fingerprint density at radius 2 is 2.18 bits per heavy atom. The third-order valence-corrected chi connectivity index (χ3v) is 2.38. The maximum Gasteiger partial charge on any atom is 0.147 e. The van der Waals surface area contributed by atoms with Gasteiger partial charge in [-0.25, -0.2) is 9.97 Å². The molecule has 0 unspecified atom stereocenters. The van der Waals surface area contributed by atoms with E-state index in [0.29, 0.717) is 0 Å². The number of hydrogen-bond acceptors (Lipinski definition) is 4. The summed E-state index contributed by atoms with van der Waals surface area (Å²) < 4.78 is 4.18. The average Bonchev–Trinajstić information content (AvgIpc) is 2.32. The van der Waals surface area contributed by atoms with Gasteiger partial charge in [0.1, 0.15) is 10.7 Å². The Kier molecular flexibility index (Phi) is 1.35. The second kappa shape index (κ2) is 2.23. The van der Waals surface area contributed by atoms with Gasteiger partial charge in [-0.05, 0) is 25.4 Å². The van der Waals surface area contributed by atoms with Crippen LogP contribution in [0.15, 0.2) is 6.20 Å². The zero-order chi connectivity index (χ0) is 7.84. The summed E-state index contributed by atoms with van der Waals surface area (Å²) in [5.41, 5.74) is 1.02. The van der Waals surface area contributed by atoms with Crippen molar-refractivity contribution >= 4 is 21.7 Å². The van der Waals surface area contributed by atoms with Crippen LogP contribution in [0.25, 0.3) is 10.2 Å². The third kappa shape index (κ3) is 0.991. The van der Waals surface area contributed by atoms with E-state index >= 15 is 0 Å². The zero-order valence-corrected chi connectivity index (χ0v) is 7.14. The Bertz CT molecular complexity index is 393. The topological polar surface area (TPSA) is 38.7 Å². The molecule has 56 valence electrons. The van der Waals surface area contributed by atoms with Crippen LogP contribution >= 0.6 is 11.5 Å². The minimum atomic E-state index is 0.807. The van der Waals surface area contributed by atoms with Crippen molar-refractivity contribution in [1.82, 2.24) is 14.3 Å². The number of nitrogens with zero attached hydrogens (tertiary/aromatic N) is 3. The highest BCUT2D eigenvalue weighted by Crippen LogP contribution is 2.18. The molecule has 0 N–H and O–H groups in total. The van der Waals surface area contributed by atoms with E-state index in [1.807, 2.05) is 20.0 Å². The van der Waals surface area contributed by atoms with E-state index in [0.717, 1.165) is 21.7 Å². The fourth-order valence-electron chi connectivity index (χ4n) is 0.928. The van der Waals surface area contributed by atoms with Crippen molar-refractivity contribution in [2.75, 3.05) is 0 Å². The zero-order valence-electron chi connectivity index (χ0n) is 6.33. The van der Waals surface area contributed by atoms with Gasteiger partial charge in [0.05, 0.1) is 11.1 Å². The van der Waals surface area contributed by atoms with Crippen LogP contribution in [0.2, 0.25) is 0 Å². The summed E-state index contributed by atoms with van der Waals surface area (Å²) in [5, 5.41) is 1.07. The first kappa shape index (κ1) is 6.67. The summed E-state index contributed by atoms with van der Waals surface area (Å²) in [6.07, 6.45) is 1.83. The standard InChI is InChI=1S/C7H7N3S/c1-4-6-3-8-5(2)9-7(6)11-10-4/h3H,1-2H3. The van der Waals surface area contributed by atoms with Gasteiger partial charge >= 0.3 is 0 Å². The quantitative estimate of drug-likeness (QED) is 0.596. The number of rotatable bonds is 0. The van der Waals surface area contributed by atoms with Gasteiger partial charge < -0.3 is 0 Å². The highest BCUT2D eigenvalue weighted by molar-refractivity contribution is 7.12. The molecule has 3 nitrogen and oxygen atoms in total. The van der Waals surface area contributed by atoms with Crippen molar-refractivity contribution in [3.8, 4) is 0 Å². The van der Waals surface area contributed by atoms with Gasteiger partial charge in [0, 0.05) is 6.20 Å². The lowest BCUT2D eigenvalue weighted by molar-refractivity contribution is 1.10. The Morgan fingerprint density at radius 1 is 1.36 bits per heavy atom. The molecule has 4 heteroatoms. The Labute approximate surface area is 68.3 Å². The van der Waals surface area contributed by atoms with Crippen LogP contribution in [0.1, 0.15) is 11.5 Å². The van der Waals surface area contributed by atoms with Crippen molar-refractivity contribution in [2.45, 2.75) is 13.8 Å². The van der Waals surface area contributed by atoms with Crippen molar-refractivity contribution in [1.29, 1.82) is 0 Å². The second-order valence-electron chi connectivity index (χ2n) is 2.40. The SMILES string of the molecule is Cc1ncc2c(C)nsc2n1. The normalized spacial score (nSPS) is 10.7. The molecule has 0 amide bonds. The molecule has 0 atom stereocenters. The van der Waals surface area contributed by atoms with Crippen LogP contribution in [0.5, 0.6) is 0 Å². The maximum atomic E-state index is 4.24. The van der Waals surface area contributed by atoms with E-state index in [4.69, 9.17) is 0 Å². The molecule has 0 saturated heterocycles. The summed E-state index contributed by atoms with van der Waals surface area (Å²) in [6, 6.07) is 0. The van der Waals surface area contributed by atoms with Crippen molar-refractivity contribution < 1.29 is 0 Å². The minimum Gasteiger partial charge on any atom is -0.241 e. The summed E-state index contributed by atoms with van der Waals surface area (Å²) >= 11 is 1.43. The molecule has 0 fully saturated rings. The lowest BCUT2D eigenvalue weighted by atomic mass is 10.3. The minimum absolute atomic E-state index is 0.807. The number of fused-ring (bicyclic) bond motifs is 1. The van der Waals surface area contributed by atoms with Crippen molar-refractivity contribution in [3.63, 3.8) is 0 Å². The summed E-state index contributed by atoms with van der Waals surface area (Å²) in [6.45, 7) is 3.85. The van der Waals surface area contributed by atoms with Crippen LogP contribution in [0, 0.1) is 13.8 Å². The highest BCUT2D eigenvalue weighted by atomic mass is 32.1. The first-order chi connectivity index (χ1) is 5.27. The van der Waals surface area contributed by atoms with Gasteiger partial charge in [-0.2, -0.15) is 4.37 Å². The highest BCUT2D eigenvalue weighted by Gasteiger charge is 2.02. The molecule has 2 aromatic heterocycles. The van der Waals surface area contributed by atoms with Gasteiger partial charge in [0.25, 0.3) is 0 Å². The molecule has 2 aromatic rings. The molecule has 0 bridgehead atoms. The first-order valence-electron chi connectivity index (χ1n) is 3.33. The summed E-state index contributed by atoms with van der Waals surface area (Å²) in [4.78, 5) is 9.32. The largest absolute Gasteiger partial charge is 0.241 e. The molecule has 2 rings (SSSR count).